The van der Waals surface area contributed by atoms with Crippen LogP contribution in [0.25, 0.3) is 16.7 Å². The second-order valence-corrected chi connectivity index (χ2v) is 12.0. The molecule has 2 amide bonds. The zero-order valence-corrected chi connectivity index (χ0v) is 24.6. The van der Waals surface area contributed by atoms with Crippen LogP contribution in [0.2, 0.25) is 0 Å². The molecule has 0 unspecified atom stereocenters. The Labute approximate surface area is 255 Å². The van der Waals surface area contributed by atoms with Crippen molar-refractivity contribution < 1.29 is 27.5 Å². The maximum Gasteiger partial charge on any atom is 0.416 e. The van der Waals surface area contributed by atoms with E-state index in [-0.39, 0.29) is 30.3 Å². The highest BCUT2D eigenvalue weighted by atomic mass is 19.4. The van der Waals surface area contributed by atoms with Gasteiger partial charge >= 0.3 is 6.18 Å². The van der Waals surface area contributed by atoms with Crippen molar-refractivity contribution in [1.82, 2.24) is 10.2 Å². The molecule has 230 valence electrons. The molecule has 1 saturated carbocycles. The molecule has 6 rings (SSSR count). The van der Waals surface area contributed by atoms with Gasteiger partial charge in [-0.25, -0.2) is 0 Å². The topological polar surface area (TPSA) is 84.7 Å². The molecule has 2 fully saturated rings. The fourth-order valence-corrected chi connectivity index (χ4v) is 5.90. The summed E-state index contributed by atoms with van der Waals surface area (Å²) in [6.45, 7) is 4.21. The van der Waals surface area contributed by atoms with Gasteiger partial charge in [0.2, 0.25) is 5.91 Å². The Bertz CT molecular complexity index is 1590. The second-order valence-electron chi connectivity index (χ2n) is 12.0. The molecule has 1 saturated heterocycles. The molecule has 44 heavy (non-hydrogen) atoms. The van der Waals surface area contributed by atoms with E-state index in [2.05, 4.69) is 17.5 Å². The molecular formula is C35H36F3N3O3. The lowest BCUT2D eigenvalue weighted by Crippen LogP contribution is -2.46. The van der Waals surface area contributed by atoms with Crippen molar-refractivity contribution in [2.45, 2.75) is 50.9 Å². The van der Waals surface area contributed by atoms with Gasteiger partial charge in [-0.1, -0.05) is 42.5 Å². The number of nitrogens with zero attached hydrogens (tertiary/aromatic N) is 1. The van der Waals surface area contributed by atoms with Gasteiger partial charge in [-0.2, -0.15) is 13.2 Å². The van der Waals surface area contributed by atoms with E-state index < -0.39 is 11.7 Å². The van der Waals surface area contributed by atoms with Crippen LogP contribution in [-0.4, -0.2) is 43.0 Å². The summed E-state index contributed by atoms with van der Waals surface area (Å²) in [5.41, 5.74) is 11.5. The molecule has 3 N–H and O–H groups in total. The first kappa shape index (κ1) is 30.1. The lowest BCUT2D eigenvalue weighted by Gasteiger charge is -2.33. The number of nitrogens with one attached hydrogen (secondary N) is 1. The molecule has 3 aliphatic rings. The molecule has 0 aromatic heterocycles. The fraction of sp³-hybridized carbons (Fsp3) is 0.371. The summed E-state index contributed by atoms with van der Waals surface area (Å²) in [5, 5.41) is 3.10. The second kappa shape index (κ2) is 12.2. The summed E-state index contributed by atoms with van der Waals surface area (Å²) < 4.78 is 45.2. The largest absolute Gasteiger partial charge is 0.416 e. The predicted molar refractivity (Wildman–Crippen MR) is 163 cm³/mol. The highest BCUT2D eigenvalue weighted by molar-refractivity contribution is 5.96. The molecule has 1 atom stereocenters. The third kappa shape index (κ3) is 6.44. The normalized spacial score (nSPS) is 17.9. The Kier molecular flexibility index (Phi) is 8.35. The van der Waals surface area contributed by atoms with Gasteiger partial charge in [0.1, 0.15) is 0 Å². The quantitative estimate of drug-likeness (QED) is 0.310. The van der Waals surface area contributed by atoms with Gasteiger partial charge in [0.15, 0.2) is 0 Å². The molecule has 3 aromatic rings. The monoisotopic (exact) mass is 603 g/mol. The molecule has 0 spiro atoms. The highest BCUT2D eigenvalue weighted by Gasteiger charge is 2.32. The molecule has 1 aliphatic carbocycles. The number of benzene rings is 3. The lowest BCUT2D eigenvalue weighted by molar-refractivity contribution is -0.149. The number of ether oxygens (including phenoxy) is 1. The van der Waals surface area contributed by atoms with Crippen LogP contribution in [0.4, 0.5) is 13.2 Å². The van der Waals surface area contributed by atoms with Gasteiger partial charge in [0.05, 0.1) is 30.7 Å². The van der Waals surface area contributed by atoms with Crippen molar-refractivity contribution in [3.63, 3.8) is 0 Å². The number of hydrogen-bond donors (Lipinski definition) is 2. The Balaban J connectivity index is 1.17. The first-order valence-electron chi connectivity index (χ1n) is 15.1. The van der Waals surface area contributed by atoms with Crippen molar-refractivity contribution >= 4 is 17.4 Å². The van der Waals surface area contributed by atoms with Crippen molar-refractivity contribution in [3.8, 4) is 11.1 Å². The molecule has 2 heterocycles. The minimum atomic E-state index is -4.45. The third-order valence-corrected chi connectivity index (χ3v) is 8.87. The minimum absolute atomic E-state index is 0.0272. The van der Waals surface area contributed by atoms with Crippen molar-refractivity contribution in [2.75, 3.05) is 26.3 Å². The van der Waals surface area contributed by atoms with Crippen LogP contribution in [0.1, 0.15) is 76.3 Å². The van der Waals surface area contributed by atoms with Gasteiger partial charge in [-0.3, -0.25) is 9.59 Å². The number of carbonyl (C=O) groups is 2. The van der Waals surface area contributed by atoms with E-state index >= 15 is 0 Å². The van der Waals surface area contributed by atoms with Crippen molar-refractivity contribution in [1.29, 1.82) is 0 Å². The third-order valence-electron chi connectivity index (χ3n) is 8.87. The van der Waals surface area contributed by atoms with Crippen LogP contribution < -0.4 is 11.1 Å². The zero-order valence-electron chi connectivity index (χ0n) is 24.6. The summed E-state index contributed by atoms with van der Waals surface area (Å²) in [6, 6.07) is 16.5. The average molecular weight is 604 g/mol. The van der Waals surface area contributed by atoms with E-state index in [0.717, 1.165) is 53.7 Å². The molecular weight excluding hydrogens is 567 g/mol. The standard InChI is InChI=1S/C35H36F3N3O3/c1-21(22-2-6-25(7-3-22)32-17-31(35(36,37)38)9-8-26(32)18-39)40-33(42)29-15-27(23-4-5-23)14-28(16-29)24-10-12-41(13-11-24)34(43)30-19-44-20-30/h2-3,6-10,14-17,21,23,30H,4-5,11-13,18-20,39H2,1H3,(H,40,42)/t21-/m1/s1. The van der Waals surface area contributed by atoms with Crippen LogP contribution in [0.15, 0.2) is 66.7 Å². The molecule has 9 heteroatoms. The smallest absolute Gasteiger partial charge is 0.380 e. The van der Waals surface area contributed by atoms with E-state index in [4.69, 9.17) is 10.5 Å². The Morgan fingerprint density at radius 1 is 1.02 bits per heavy atom. The first-order chi connectivity index (χ1) is 21.1. The van der Waals surface area contributed by atoms with E-state index in [0.29, 0.717) is 54.5 Å². The van der Waals surface area contributed by atoms with Crippen LogP contribution in [0.5, 0.6) is 0 Å². The van der Waals surface area contributed by atoms with E-state index in [9.17, 15) is 22.8 Å². The molecule has 0 bridgehead atoms. The van der Waals surface area contributed by atoms with Crippen molar-refractivity contribution in [2.24, 2.45) is 11.7 Å². The highest BCUT2D eigenvalue weighted by Crippen LogP contribution is 2.42. The maximum absolute atomic E-state index is 13.5. The van der Waals surface area contributed by atoms with Crippen LogP contribution in [0.3, 0.4) is 0 Å². The maximum atomic E-state index is 13.5. The van der Waals surface area contributed by atoms with Crippen LogP contribution >= 0.6 is 0 Å². The summed E-state index contributed by atoms with van der Waals surface area (Å²) in [4.78, 5) is 28.0. The Morgan fingerprint density at radius 2 is 1.77 bits per heavy atom. The number of hydrogen-bond acceptors (Lipinski definition) is 4. The minimum Gasteiger partial charge on any atom is -0.380 e. The van der Waals surface area contributed by atoms with E-state index in [1.807, 2.05) is 36.1 Å². The van der Waals surface area contributed by atoms with Gasteiger partial charge in [-0.05, 0) is 95.3 Å². The van der Waals surface area contributed by atoms with Gasteiger partial charge in [0.25, 0.3) is 5.91 Å². The van der Waals surface area contributed by atoms with Crippen LogP contribution in [-0.2, 0) is 22.3 Å². The zero-order chi connectivity index (χ0) is 31.0. The van der Waals surface area contributed by atoms with E-state index in [1.54, 1.807) is 12.1 Å². The number of halogens is 3. The van der Waals surface area contributed by atoms with Gasteiger partial charge in [0, 0.05) is 25.2 Å². The first-order valence-corrected chi connectivity index (χ1v) is 15.1. The molecule has 3 aromatic carbocycles. The van der Waals surface area contributed by atoms with Crippen LogP contribution in [0, 0.1) is 5.92 Å². The number of alkyl halides is 3. The number of rotatable bonds is 8. The Morgan fingerprint density at radius 3 is 2.36 bits per heavy atom. The number of nitrogens with two attached hydrogens (primary N) is 1. The summed E-state index contributed by atoms with van der Waals surface area (Å²) >= 11 is 0. The average Bonchev–Trinajstić information content (AvgIpc) is 3.85. The lowest BCUT2D eigenvalue weighted by atomic mass is 9.93. The van der Waals surface area contributed by atoms with Gasteiger partial charge < -0.3 is 20.7 Å². The predicted octanol–water partition coefficient (Wildman–Crippen LogP) is 6.46. The fourth-order valence-electron chi connectivity index (χ4n) is 5.90. The molecule has 6 nitrogen and oxygen atoms in total. The van der Waals surface area contributed by atoms with Gasteiger partial charge in [-0.15, -0.1) is 0 Å². The summed E-state index contributed by atoms with van der Waals surface area (Å²) in [5.74, 6) is 0.393. The summed E-state index contributed by atoms with van der Waals surface area (Å²) in [7, 11) is 0. The Hall–Kier alpha value is -3.95. The van der Waals surface area contributed by atoms with Crippen molar-refractivity contribution in [3.05, 3.63) is 100 Å². The SMILES string of the molecule is C[C@@H](NC(=O)c1cc(C2=CCN(C(=O)C3COC3)CC2)cc(C2CC2)c1)c1ccc(-c2cc(C(F)(F)F)ccc2CN)cc1. The van der Waals surface area contributed by atoms with E-state index in [1.165, 1.54) is 6.07 Å². The summed E-state index contributed by atoms with van der Waals surface area (Å²) in [6.07, 6.45) is 0.593. The number of carbonyl (C=O) groups excluding carboxylic acids is 2. The number of amides is 2. The molecule has 2 aliphatic heterocycles. The molecule has 0 radical (unpaired) electrons.